The summed E-state index contributed by atoms with van der Waals surface area (Å²) in [5, 5.41) is 3.67. The number of carbonyl (C=O) groups excluding carboxylic acids is 1. The molecule has 0 aliphatic carbocycles. The zero-order valence-corrected chi connectivity index (χ0v) is 14.0. The highest BCUT2D eigenvalue weighted by atomic mass is 35.5. The van der Waals surface area contributed by atoms with Crippen molar-refractivity contribution < 1.29 is 9.53 Å². The number of amides is 1. The first-order valence-electron chi connectivity index (χ1n) is 7.21. The quantitative estimate of drug-likeness (QED) is 0.618. The maximum Gasteiger partial charge on any atom is 0.255 e. The predicted molar refractivity (Wildman–Crippen MR) is 97.4 cm³/mol. The van der Waals surface area contributed by atoms with Crippen molar-refractivity contribution in [1.29, 1.82) is 0 Å². The monoisotopic (exact) mass is 357 g/mol. The van der Waals surface area contributed by atoms with E-state index in [2.05, 4.69) is 5.32 Å². The minimum Gasteiger partial charge on any atom is -0.457 e. The Bertz CT molecular complexity index is 849. The highest BCUT2D eigenvalue weighted by molar-refractivity contribution is 6.35. The second-order valence-corrected chi connectivity index (χ2v) is 5.86. The molecule has 0 aliphatic rings. The van der Waals surface area contributed by atoms with Gasteiger partial charge in [0.2, 0.25) is 0 Å². The van der Waals surface area contributed by atoms with Crippen LogP contribution >= 0.6 is 23.2 Å². The molecule has 0 spiro atoms. The van der Waals surface area contributed by atoms with Gasteiger partial charge in [-0.2, -0.15) is 0 Å². The van der Waals surface area contributed by atoms with E-state index in [0.29, 0.717) is 27.0 Å². The van der Waals surface area contributed by atoms with Gasteiger partial charge in [0.1, 0.15) is 11.5 Å². The van der Waals surface area contributed by atoms with Crippen molar-refractivity contribution in [1.82, 2.24) is 0 Å². The highest BCUT2D eigenvalue weighted by Gasteiger charge is 2.09. The summed E-state index contributed by atoms with van der Waals surface area (Å²) in [6, 6.07) is 21.2. The molecule has 0 aromatic heterocycles. The average Bonchev–Trinajstić information content (AvgIpc) is 2.60. The number of ether oxygens (including phenoxy) is 1. The third kappa shape index (κ3) is 4.07. The fourth-order valence-electron chi connectivity index (χ4n) is 2.09. The number of carbonyl (C=O) groups is 1. The average molecular weight is 358 g/mol. The largest absolute Gasteiger partial charge is 0.457 e. The molecule has 3 rings (SSSR count). The lowest BCUT2D eigenvalue weighted by Gasteiger charge is -2.09. The van der Waals surface area contributed by atoms with Crippen LogP contribution in [0.1, 0.15) is 10.4 Å². The number of hydrogen-bond donors (Lipinski definition) is 1. The van der Waals surface area contributed by atoms with Crippen LogP contribution in [0, 0.1) is 0 Å². The molecule has 0 unspecified atom stereocenters. The number of halogens is 2. The van der Waals surface area contributed by atoms with Gasteiger partial charge in [0.05, 0.1) is 10.7 Å². The van der Waals surface area contributed by atoms with Gasteiger partial charge in [0.25, 0.3) is 5.91 Å². The van der Waals surface area contributed by atoms with Gasteiger partial charge in [-0.05, 0) is 54.6 Å². The Hall–Kier alpha value is -2.49. The number of hydrogen-bond acceptors (Lipinski definition) is 2. The summed E-state index contributed by atoms with van der Waals surface area (Å²) < 4.78 is 5.70. The second kappa shape index (κ2) is 7.39. The van der Waals surface area contributed by atoms with E-state index in [1.165, 1.54) is 0 Å². The molecule has 0 bridgehead atoms. The van der Waals surface area contributed by atoms with Crippen LogP contribution in [0.25, 0.3) is 0 Å². The van der Waals surface area contributed by atoms with Gasteiger partial charge in [0, 0.05) is 10.6 Å². The Kier molecular flexibility index (Phi) is 5.04. The fourth-order valence-corrected chi connectivity index (χ4v) is 2.42. The molecule has 0 fully saturated rings. The second-order valence-electron chi connectivity index (χ2n) is 5.02. The lowest BCUT2D eigenvalue weighted by Crippen LogP contribution is -2.12. The third-order valence-electron chi connectivity index (χ3n) is 3.27. The zero-order chi connectivity index (χ0) is 16.9. The summed E-state index contributed by atoms with van der Waals surface area (Å²) in [7, 11) is 0. The lowest BCUT2D eigenvalue weighted by molar-refractivity contribution is 0.102. The molecule has 3 aromatic carbocycles. The van der Waals surface area contributed by atoms with Crippen LogP contribution in [-0.4, -0.2) is 5.91 Å². The Labute approximate surface area is 149 Å². The van der Waals surface area contributed by atoms with E-state index >= 15 is 0 Å². The molecule has 0 radical (unpaired) electrons. The summed E-state index contributed by atoms with van der Waals surface area (Å²) in [6.45, 7) is 0. The van der Waals surface area contributed by atoms with E-state index in [1.807, 2.05) is 30.3 Å². The smallest absolute Gasteiger partial charge is 0.255 e. The Morgan fingerprint density at radius 3 is 2.21 bits per heavy atom. The van der Waals surface area contributed by atoms with Gasteiger partial charge in [-0.15, -0.1) is 0 Å². The van der Waals surface area contributed by atoms with Crippen LogP contribution in [0.15, 0.2) is 72.8 Å². The molecule has 0 atom stereocenters. The molecule has 3 nitrogen and oxygen atoms in total. The van der Waals surface area contributed by atoms with Gasteiger partial charge in [-0.1, -0.05) is 41.4 Å². The normalized spacial score (nSPS) is 10.2. The van der Waals surface area contributed by atoms with Crippen molar-refractivity contribution in [3.05, 3.63) is 88.4 Å². The summed E-state index contributed by atoms with van der Waals surface area (Å²) in [5.74, 6) is 1.12. The van der Waals surface area contributed by atoms with Crippen molar-refractivity contribution >= 4 is 34.8 Å². The molecule has 0 aliphatic heterocycles. The highest BCUT2D eigenvalue weighted by Crippen LogP contribution is 2.26. The topological polar surface area (TPSA) is 38.3 Å². The van der Waals surface area contributed by atoms with Gasteiger partial charge in [0.15, 0.2) is 0 Å². The molecular weight excluding hydrogens is 345 g/mol. The maximum absolute atomic E-state index is 12.3. The predicted octanol–water partition coefficient (Wildman–Crippen LogP) is 6.04. The standard InChI is InChI=1S/C19H13Cl2NO2/c20-14-8-11-17(21)18(12-14)22-19(23)13-6-9-16(10-7-13)24-15-4-2-1-3-5-15/h1-12H,(H,22,23). The van der Waals surface area contributed by atoms with Crippen LogP contribution in [0.5, 0.6) is 11.5 Å². The molecule has 3 aromatic rings. The molecule has 5 heteroatoms. The van der Waals surface area contributed by atoms with Crippen LogP contribution < -0.4 is 10.1 Å². The van der Waals surface area contributed by atoms with E-state index in [1.54, 1.807) is 42.5 Å². The molecule has 24 heavy (non-hydrogen) atoms. The van der Waals surface area contributed by atoms with Gasteiger partial charge in [-0.3, -0.25) is 4.79 Å². The number of anilines is 1. The SMILES string of the molecule is O=C(Nc1cc(Cl)ccc1Cl)c1ccc(Oc2ccccc2)cc1. The minimum atomic E-state index is -0.273. The van der Waals surface area contributed by atoms with E-state index in [9.17, 15) is 4.79 Å². The van der Waals surface area contributed by atoms with Crippen LogP contribution in [-0.2, 0) is 0 Å². The van der Waals surface area contributed by atoms with Gasteiger partial charge < -0.3 is 10.1 Å². The summed E-state index contributed by atoms with van der Waals surface area (Å²) in [5.41, 5.74) is 0.963. The van der Waals surface area contributed by atoms with E-state index in [4.69, 9.17) is 27.9 Å². The summed E-state index contributed by atoms with van der Waals surface area (Å²) in [6.07, 6.45) is 0. The molecule has 0 saturated carbocycles. The minimum absolute atomic E-state index is 0.273. The number of nitrogens with one attached hydrogen (secondary N) is 1. The number of rotatable bonds is 4. The van der Waals surface area contributed by atoms with Crippen LogP contribution in [0.3, 0.4) is 0 Å². The number of para-hydroxylation sites is 1. The van der Waals surface area contributed by atoms with E-state index in [-0.39, 0.29) is 5.91 Å². The third-order valence-corrected chi connectivity index (χ3v) is 3.84. The number of benzene rings is 3. The Morgan fingerprint density at radius 2 is 1.50 bits per heavy atom. The van der Waals surface area contributed by atoms with E-state index in [0.717, 1.165) is 5.75 Å². The molecule has 1 N–H and O–H groups in total. The first-order chi connectivity index (χ1) is 11.6. The molecule has 1 amide bonds. The molecule has 0 saturated heterocycles. The Balaban J connectivity index is 1.71. The maximum atomic E-state index is 12.3. The summed E-state index contributed by atoms with van der Waals surface area (Å²) in [4.78, 5) is 12.3. The summed E-state index contributed by atoms with van der Waals surface area (Å²) >= 11 is 12.0. The molecular formula is C19H13Cl2NO2. The fraction of sp³-hybridized carbons (Fsp3) is 0. The lowest BCUT2D eigenvalue weighted by atomic mass is 10.2. The van der Waals surface area contributed by atoms with Crippen molar-refractivity contribution in [2.45, 2.75) is 0 Å². The van der Waals surface area contributed by atoms with Crippen molar-refractivity contribution in [3.63, 3.8) is 0 Å². The van der Waals surface area contributed by atoms with Crippen molar-refractivity contribution in [2.75, 3.05) is 5.32 Å². The molecule has 0 heterocycles. The zero-order valence-electron chi connectivity index (χ0n) is 12.5. The van der Waals surface area contributed by atoms with Gasteiger partial charge in [-0.25, -0.2) is 0 Å². The van der Waals surface area contributed by atoms with Crippen LogP contribution in [0.2, 0.25) is 10.0 Å². The van der Waals surface area contributed by atoms with E-state index < -0.39 is 0 Å². The van der Waals surface area contributed by atoms with Crippen molar-refractivity contribution in [3.8, 4) is 11.5 Å². The van der Waals surface area contributed by atoms with Crippen molar-refractivity contribution in [2.24, 2.45) is 0 Å². The first-order valence-corrected chi connectivity index (χ1v) is 7.97. The van der Waals surface area contributed by atoms with Gasteiger partial charge >= 0.3 is 0 Å². The Morgan fingerprint density at radius 1 is 0.833 bits per heavy atom. The van der Waals surface area contributed by atoms with Crippen LogP contribution in [0.4, 0.5) is 5.69 Å². The molecule has 120 valence electrons. The first kappa shape index (κ1) is 16.4.